The number of carbonyl (C=O) groups is 2. The van der Waals surface area contributed by atoms with Gasteiger partial charge in [0, 0.05) is 49.5 Å². The second-order valence-electron chi connectivity index (χ2n) is 6.33. The molecular formula is C20H24ClN3O2. The number of nitrogens with zero attached hydrogens (tertiary/aromatic N) is 2. The first-order valence-electron chi connectivity index (χ1n) is 8.53. The van der Waals surface area contributed by atoms with Crippen LogP contribution < -0.4 is 10.2 Å². The number of hydrogen-bond acceptors (Lipinski definition) is 3. The van der Waals surface area contributed by atoms with Crippen molar-refractivity contribution >= 4 is 29.9 Å². The molecule has 1 heterocycles. The highest BCUT2D eigenvalue weighted by Crippen LogP contribution is 2.17. The average Bonchev–Trinajstić information content (AvgIpc) is 2.67. The van der Waals surface area contributed by atoms with Crippen LogP contribution in [0, 0.1) is 0 Å². The van der Waals surface area contributed by atoms with Crippen molar-refractivity contribution in [3.63, 3.8) is 0 Å². The minimum absolute atomic E-state index is 0. The van der Waals surface area contributed by atoms with Crippen molar-refractivity contribution in [1.82, 2.24) is 10.2 Å². The van der Waals surface area contributed by atoms with Gasteiger partial charge in [-0.3, -0.25) is 9.59 Å². The van der Waals surface area contributed by atoms with E-state index in [0.717, 1.165) is 18.8 Å². The zero-order valence-electron chi connectivity index (χ0n) is 15.0. The van der Waals surface area contributed by atoms with Gasteiger partial charge in [-0.1, -0.05) is 24.3 Å². The van der Waals surface area contributed by atoms with Crippen LogP contribution in [0.3, 0.4) is 0 Å². The Kier molecular flexibility index (Phi) is 6.77. The number of carbonyl (C=O) groups excluding carboxylic acids is 2. The molecule has 1 N–H and O–H groups in total. The Hall–Kier alpha value is -2.37. The molecule has 2 amide bonds. The standard InChI is InChI=1S/C20H23N3O2.ClH/c1-15-14-21-11-12-23(15)20(25)17-8-6-7-16(13-17)19(24)22(2)18-9-4-3-5-10-18;/h3-10,13,15,21H,11-12,14H2,1-2H3;1H. The number of amides is 2. The van der Waals surface area contributed by atoms with Gasteiger partial charge in [0.05, 0.1) is 0 Å². The summed E-state index contributed by atoms with van der Waals surface area (Å²) in [5.41, 5.74) is 1.89. The SMILES string of the molecule is CC1CNCCN1C(=O)c1cccc(C(=O)N(C)c2ccccc2)c1.Cl. The third-order valence-corrected chi connectivity index (χ3v) is 4.57. The van der Waals surface area contributed by atoms with Gasteiger partial charge >= 0.3 is 0 Å². The van der Waals surface area contributed by atoms with Gasteiger partial charge in [-0.2, -0.15) is 0 Å². The number of piperazine rings is 1. The van der Waals surface area contributed by atoms with Gasteiger partial charge in [-0.25, -0.2) is 0 Å². The summed E-state index contributed by atoms with van der Waals surface area (Å²) >= 11 is 0. The Morgan fingerprint density at radius 2 is 1.77 bits per heavy atom. The Bertz CT molecular complexity index is 767. The third kappa shape index (κ3) is 4.23. The van der Waals surface area contributed by atoms with E-state index >= 15 is 0 Å². The Labute approximate surface area is 160 Å². The van der Waals surface area contributed by atoms with Crippen LogP contribution >= 0.6 is 12.4 Å². The first-order valence-corrected chi connectivity index (χ1v) is 8.53. The van der Waals surface area contributed by atoms with Gasteiger partial charge in [0.15, 0.2) is 0 Å². The lowest BCUT2D eigenvalue weighted by Gasteiger charge is -2.34. The van der Waals surface area contributed by atoms with Crippen LogP contribution in [0.15, 0.2) is 54.6 Å². The van der Waals surface area contributed by atoms with Crippen LogP contribution in [0.5, 0.6) is 0 Å². The van der Waals surface area contributed by atoms with E-state index in [9.17, 15) is 9.59 Å². The molecule has 2 aromatic carbocycles. The van der Waals surface area contributed by atoms with Gasteiger partial charge in [0.2, 0.25) is 0 Å². The number of para-hydroxylation sites is 1. The normalized spacial score (nSPS) is 16.5. The molecule has 0 aromatic heterocycles. The second kappa shape index (κ2) is 8.83. The molecule has 0 bridgehead atoms. The average molecular weight is 374 g/mol. The largest absolute Gasteiger partial charge is 0.333 e. The lowest BCUT2D eigenvalue weighted by atomic mass is 10.1. The maximum atomic E-state index is 12.8. The van der Waals surface area contributed by atoms with Gasteiger partial charge in [0.1, 0.15) is 0 Å². The fourth-order valence-corrected chi connectivity index (χ4v) is 3.06. The molecule has 0 radical (unpaired) electrons. The smallest absolute Gasteiger partial charge is 0.258 e. The van der Waals surface area contributed by atoms with Gasteiger partial charge < -0.3 is 15.1 Å². The van der Waals surface area contributed by atoms with Crippen molar-refractivity contribution < 1.29 is 9.59 Å². The quantitative estimate of drug-likeness (QED) is 0.900. The molecule has 0 aliphatic carbocycles. The zero-order chi connectivity index (χ0) is 17.8. The molecule has 1 saturated heterocycles. The lowest BCUT2D eigenvalue weighted by molar-refractivity contribution is 0.0655. The lowest BCUT2D eigenvalue weighted by Crippen LogP contribution is -2.52. The molecule has 5 nitrogen and oxygen atoms in total. The van der Waals surface area contributed by atoms with Crippen LogP contribution in [0.25, 0.3) is 0 Å². The summed E-state index contributed by atoms with van der Waals surface area (Å²) in [5, 5.41) is 3.28. The summed E-state index contributed by atoms with van der Waals surface area (Å²) in [7, 11) is 1.74. The van der Waals surface area contributed by atoms with Gasteiger partial charge in [-0.05, 0) is 37.3 Å². The van der Waals surface area contributed by atoms with Crippen molar-refractivity contribution in [2.75, 3.05) is 31.6 Å². The zero-order valence-corrected chi connectivity index (χ0v) is 15.8. The van der Waals surface area contributed by atoms with E-state index in [1.54, 1.807) is 36.2 Å². The van der Waals surface area contributed by atoms with Crippen molar-refractivity contribution in [3.8, 4) is 0 Å². The molecule has 6 heteroatoms. The molecule has 26 heavy (non-hydrogen) atoms. The Balaban J connectivity index is 0.00000243. The molecule has 0 saturated carbocycles. The number of benzene rings is 2. The predicted octanol–water partition coefficient (Wildman–Crippen LogP) is 2.82. The van der Waals surface area contributed by atoms with Crippen molar-refractivity contribution in [2.45, 2.75) is 13.0 Å². The Morgan fingerprint density at radius 1 is 1.08 bits per heavy atom. The van der Waals surface area contributed by atoms with E-state index in [-0.39, 0.29) is 30.3 Å². The van der Waals surface area contributed by atoms with Crippen LogP contribution in [0.4, 0.5) is 5.69 Å². The second-order valence-corrected chi connectivity index (χ2v) is 6.33. The number of anilines is 1. The third-order valence-electron chi connectivity index (χ3n) is 4.57. The minimum atomic E-state index is -0.130. The topological polar surface area (TPSA) is 52.7 Å². The maximum absolute atomic E-state index is 12.8. The van der Waals surface area contributed by atoms with E-state index < -0.39 is 0 Å². The molecule has 1 atom stereocenters. The predicted molar refractivity (Wildman–Crippen MR) is 106 cm³/mol. The molecule has 1 aliphatic rings. The highest BCUT2D eigenvalue weighted by atomic mass is 35.5. The van der Waals surface area contributed by atoms with Crippen LogP contribution in [-0.2, 0) is 0 Å². The number of rotatable bonds is 3. The van der Waals surface area contributed by atoms with Crippen LogP contribution in [-0.4, -0.2) is 49.4 Å². The maximum Gasteiger partial charge on any atom is 0.258 e. The molecule has 0 spiro atoms. The van der Waals surface area contributed by atoms with Gasteiger partial charge in [0.25, 0.3) is 11.8 Å². The molecule has 138 valence electrons. The highest BCUT2D eigenvalue weighted by molar-refractivity contribution is 6.07. The summed E-state index contributed by atoms with van der Waals surface area (Å²) in [4.78, 5) is 29.0. The molecule has 3 rings (SSSR count). The van der Waals surface area contributed by atoms with Crippen LogP contribution in [0.2, 0.25) is 0 Å². The van der Waals surface area contributed by atoms with E-state index in [1.807, 2.05) is 42.2 Å². The van der Waals surface area contributed by atoms with Crippen molar-refractivity contribution in [1.29, 1.82) is 0 Å². The van der Waals surface area contributed by atoms with E-state index in [2.05, 4.69) is 5.32 Å². The van der Waals surface area contributed by atoms with Gasteiger partial charge in [-0.15, -0.1) is 12.4 Å². The summed E-state index contributed by atoms with van der Waals surface area (Å²) in [6.07, 6.45) is 0. The number of hydrogen-bond donors (Lipinski definition) is 1. The first-order chi connectivity index (χ1) is 12.1. The fraction of sp³-hybridized carbons (Fsp3) is 0.300. The van der Waals surface area contributed by atoms with E-state index in [4.69, 9.17) is 0 Å². The van der Waals surface area contributed by atoms with Crippen molar-refractivity contribution in [3.05, 3.63) is 65.7 Å². The Morgan fingerprint density at radius 3 is 2.46 bits per heavy atom. The van der Waals surface area contributed by atoms with E-state index in [0.29, 0.717) is 17.7 Å². The summed E-state index contributed by atoms with van der Waals surface area (Å²) in [5.74, 6) is -0.153. The fourth-order valence-electron chi connectivity index (χ4n) is 3.06. The molecule has 1 unspecified atom stereocenters. The summed E-state index contributed by atoms with van der Waals surface area (Å²) in [6.45, 7) is 4.30. The number of halogens is 1. The summed E-state index contributed by atoms with van der Waals surface area (Å²) in [6, 6.07) is 16.6. The van der Waals surface area contributed by atoms with Crippen LogP contribution in [0.1, 0.15) is 27.6 Å². The summed E-state index contributed by atoms with van der Waals surface area (Å²) < 4.78 is 0. The van der Waals surface area contributed by atoms with E-state index in [1.165, 1.54) is 0 Å². The minimum Gasteiger partial charge on any atom is -0.333 e. The van der Waals surface area contributed by atoms with Crippen molar-refractivity contribution in [2.24, 2.45) is 0 Å². The highest BCUT2D eigenvalue weighted by Gasteiger charge is 2.24. The molecular weight excluding hydrogens is 350 g/mol. The molecule has 2 aromatic rings. The molecule has 1 fully saturated rings. The first kappa shape index (κ1) is 19.9. The monoisotopic (exact) mass is 373 g/mol. The molecule has 1 aliphatic heterocycles. The number of nitrogens with one attached hydrogen (secondary N) is 1.